The first-order chi connectivity index (χ1) is 17.6. The Bertz CT molecular complexity index is 933. The van der Waals surface area contributed by atoms with Gasteiger partial charge >= 0.3 is 0 Å². The summed E-state index contributed by atoms with van der Waals surface area (Å²) in [7, 11) is 5.12. The van der Waals surface area contributed by atoms with Crippen LogP contribution in [-0.2, 0) is 15.9 Å². The molecule has 2 N–H and O–H groups in total. The van der Waals surface area contributed by atoms with Crippen LogP contribution in [0.5, 0.6) is 0 Å². The van der Waals surface area contributed by atoms with Crippen LogP contribution in [0.3, 0.4) is 0 Å². The third-order valence-electron chi connectivity index (χ3n) is 7.98. The number of hydrogen-bond acceptors (Lipinski definition) is 7. The summed E-state index contributed by atoms with van der Waals surface area (Å²) in [6, 6.07) is 3.86. The number of benzene rings is 1. The second-order valence-electron chi connectivity index (χ2n) is 10.3. The number of fused-ring (bicyclic) bond motifs is 1. The first-order valence-electron chi connectivity index (χ1n) is 13.5. The molecule has 2 aliphatic heterocycles. The van der Waals surface area contributed by atoms with E-state index in [2.05, 4.69) is 26.6 Å². The zero-order chi connectivity index (χ0) is 25.4. The number of nitrogens with zero attached hydrogens (tertiary/aromatic N) is 2. The van der Waals surface area contributed by atoms with Crippen LogP contribution >= 0.6 is 11.3 Å². The molecule has 1 aromatic heterocycles. The van der Waals surface area contributed by atoms with E-state index in [1.165, 1.54) is 70.0 Å². The molecule has 1 aromatic carbocycles. The zero-order valence-corrected chi connectivity index (χ0v) is 23.0. The topological polar surface area (TPSA) is 58.7 Å². The Kier molecular flexibility index (Phi) is 9.99. The molecule has 3 fully saturated rings. The van der Waals surface area contributed by atoms with Crippen LogP contribution in [0.15, 0.2) is 23.7 Å². The lowest BCUT2D eigenvalue weighted by atomic mass is 9.79. The number of hydrogen-bond donors (Lipinski definition) is 2. The number of aryl methyl sites for hydroxylation is 1. The van der Waals surface area contributed by atoms with Crippen molar-refractivity contribution in [2.75, 3.05) is 51.5 Å². The van der Waals surface area contributed by atoms with Crippen molar-refractivity contribution >= 4 is 22.2 Å². The quantitative estimate of drug-likeness (QED) is 0.337. The Morgan fingerprint density at radius 3 is 2.44 bits per heavy atom. The third-order valence-corrected chi connectivity index (χ3v) is 8.77. The Labute approximate surface area is 222 Å². The number of halogens is 1. The lowest BCUT2D eigenvalue weighted by Crippen LogP contribution is -2.58. The number of thiazole rings is 1. The average molecular weight is 523 g/mol. The minimum absolute atomic E-state index is 0. The van der Waals surface area contributed by atoms with Gasteiger partial charge in [-0.2, -0.15) is 0 Å². The molecule has 1 saturated carbocycles. The summed E-state index contributed by atoms with van der Waals surface area (Å²) in [5.74, 6) is 0.480. The van der Waals surface area contributed by atoms with E-state index in [-0.39, 0.29) is 20.5 Å². The van der Waals surface area contributed by atoms with Gasteiger partial charge in [-0.05, 0) is 81.1 Å². The van der Waals surface area contributed by atoms with Gasteiger partial charge in [0.2, 0.25) is 0 Å². The van der Waals surface area contributed by atoms with Crippen molar-refractivity contribution in [1.82, 2.24) is 9.88 Å². The van der Waals surface area contributed by atoms with E-state index in [0.717, 1.165) is 22.9 Å². The Hall–Kier alpha value is -1.74. The molecule has 2 saturated heterocycles. The molecule has 0 atom stereocenters. The fourth-order valence-electron chi connectivity index (χ4n) is 5.76. The molecule has 0 radical (unpaired) electrons. The molecular formula is C28H47FN4O2S. The smallest absolute Gasteiger partial charge is 0.182 e. The molecule has 0 unspecified atom stereocenters. The standard InChI is InChI=1S/C24H37FN2O2.C4H6N2S.2H2/c1-28-23(29-2)10-9-19-15-20(18-7-8-18)22(16-21(19)25)26-17-24-11-3-5-13-27(24)14-6-4-12-24;1-5-4-6-2-3-7-4;;/h15-16,18,23,26H,3-14,17H2,1-2H3;2-3H,1H3,(H,5,6);2*1H. The van der Waals surface area contributed by atoms with E-state index in [4.69, 9.17) is 9.47 Å². The summed E-state index contributed by atoms with van der Waals surface area (Å²) in [6.45, 7) is 3.40. The maximum Gasteiger partial charge on any atom is 0.182 e. The minimum atomic E-state index is -0.278. The molecule has 5 rings (SSSR count). The first-order valence-corrected chi connectivity index (χ1v) is 14.4. The number of rotatable bonds is 10. The predicted molar refractivity (Wildman–Crippen MR) is 151 cm³/mol. The fraction of sp³-hybridized carbons (Fsp3) is 0.679. The van der Waals surface area contributed by atoms with Gasteiger partial charge in [0.15, 0.2) is 11.4 Å². The molecule has 0 spiro atoms. The van der Waals surface area contributed by atoms with Crippen LogP contribution in [-0.4, -0.2) is 62.6 Å². The lowest BCUT2D eigenvalue weighted by molar-refractivity contribution is -0.105. The molecule has 2 aromatic rings. The van der Waals surface area contributed by atoms with Crippen molar-refractivity contribution in [2.45, 2.75) is 82.0 Å². The maximum absolute atomic E-state index is 14.9. The maximum atomic E-state index is 14.9. The van der Waals surface area contributed by atoms with Gasteiger partial charge in [0.25, 0.3) is 0 Å². The summed E-state index contributed by atoms with van der Waals surface area (Å²) in [4.78, 5) is 6.65. The largest absolute Gasteiger partial charge is 0.383 e. The van der Waals surface area contributed by atoms with E-state index in [9.17, 15) is 4.39 Å². The molecule has 0 amide bonds. The van der Waals surface area contributed by atoms with E-state index < -0.39 is 0 Å². The SMILES string of the molecule is CNc1nccs1.COC(CCc1cc(C2CC2)c(NCC23CCCCN2CCCC3)cc1F)OC.[HH].[HH]. The molecule has 0 bridgehead atoms. The van der Waals surface area contributed by atoms with Gasteiger partial charge < -0.3 is 20.1 Å². The van der Waals surface area contributed by atoms with Gasteiger partial charge in [-0.15, -0.1) is 11.3 Å². The Morgan fingerprint density at radius 1 is 1.17 bits per heavy atom. The number of anilines is 2. The van der Waals surface area contributed by atoms with Gasteiger partial charge in [0.05, 0.1) is 0 Å². The Balaban J connectivity index is 0.000000492. The summed E-state index contributed by atoms with van der Waals surface area (Å²) < 4.78 is 25.5. The number of nitrogens with one attached hydrogen (secondary N) is 2. The van der Waals surface area contributed by atoms with Crippen LogP contribution in [0.25, 0.3) is 0 Å². The number of piperidine rings is 2. The second-order valence-corrected chi connectivity index (χ2v) is 11.2. The molecule has 1 aliphatic carbocycles. The van der Waals surface area contributed by atoms with Crippen molar-refractivity contribution in [3.05, 3.63) is 40.7 Å². The summed E-state index contributed by atoms with van der Waals surface area (Å²) in [6.07, 6.45) is 13.1. The van der Waals surface area contributed by atoms with E-state index >= 15 is 0 Å². The highest BCUT2D eigenvalue weighted by atomic mass is 32.1. The molecule has 204 valence electrons. The van der Waals surface area contributed by atoms with Crippen LogP contribution in [0, 0.1) is 5.82 Å². The monoisotopic (exact) mass is 522 g/mol. The zero-order valence-electron chi connectivity index (χ0n) is 22.2. The normalized spacial score (nSPS) is 19.4. The first kappa shape index (κ1) is 27.3. The van der Waals surface area contributed by atoms with Gasteiger partial charge in [-0.3, -0.25) is 4.90 Å². The highest BCUT2D eigenvalue weighted by Gasteiger charge is 2.40. The number of methoxy groups -OCH3 is 2. The summed E-state index contributed by atoms with van der Waals surface area (Å²) in [5.41, 5.74) is 3.39. The van der Waals surface area contributed by atoms with Crippen LogP contribution in [0.2, 0.25) is 0 Å². The molecule has 6 nitrogen and oxygen atoms in total. The number of ether oxygens (including phenoxy) is 2. The highest BCUT2D eigenvalue weighted by molar-refractivity contribution is 7.13. The van der Waals surface area contributed by atoms with Crippen molar-refractivity contribution in [2.24, 2.45) is 0 Å². The van der Waals surface area contributed by atoms with Crippen molar-refractivity contribution in [3.8, 4) is 0 Å². The van der Waals surface area contributed by atoms with Gasteiger partial charge in [0.1, 0.15) is 5.82 Å². The molecular weight excluding hydrogens is 475 g/mol. The highest BCUT2D eigenvalue weighted by Crippen LogP contribution is 2.45. The van der Waals surface area contributed by atoms with E-state index in [0.29, 0.717) is 18.8 Å². The number of aromatic nitrogens is 1. The summed E-state index contributed by atoms with van der Waals surface area (Å²) in [5, 5.41) is 9.54. The van der Waals surface area contributed by atoms with Crippen LogP contribution in [0.1, 0.15) is 77.7 Å². The fourth-order valence-corrected chi connectivity index (χ4v) is 6.25. The molecule has 36 heavy (non-hydrogen) atoms. The van der Waals surface area contributed by atoms with Crippen molar-refractivity contribution < 1.29 is 16.7 Å². The van der Waals surface area contributed by atoms with Gasteiger partial charge in [0, 0.05) is 59.9 Å². The lowest BCUT2D eigenvalue weighted by Gasteiger charge is -2.50. The second kappa shape index (κ2) is 13.2. The summed E-state index contributed by atoms with van der Waals surface area (Å²) >= 11 is 1.60. The van der Waals surface area contributed by atoms with Gasteiger partial charge in [-0.25, -0.2) is 9.37 Å². The van der Waals surface area contributed by atoms with Crippen LogP contribution < -0.4 is 10.6 Å². The third kappa shape index (κ3) is 6.97. The average Bonchev–Trinajstić information content (AvgIpc) is 3.62. The van der Waals surface area contributed by atoms with Crippen molar-refractivity contribution in [1.29, 1.82) is 0 Å². The molecule has 8 heteroatoms. The van der Waals surface area contributed by atoms with E-state index in [1.54, 1.807) is 37.8 Å². The molecule has 3 aliphatic rings. The van der Waals surface area contributed by atoms with E-state index in [1.807, 2.05) is 12.4 Å². The van der Waals surface area contributed by atoms with Crippen LogP contribution in [0.4, 0.5) is 15.2 Å². The predicted octanol–water partition coefficient (Wildman–Crippen LogP) is 6.75. The Morgan fingerprint density at radius 2 is 1.89 bits per heavy atom. The molecule has 3 heterocycles. The van der Waals surface area contributed by atoms with Crippen molar-refractivity contribution in [3.63, 3.8) is 0 Å². The minimum Gasteiger partial charge on any atom is -0.383 e. The van der Waals surface area contributed by atoms with Gasteiger partial charge in [-0.1, -0.05) is 18.9 Å².